The number of rotatable bonds is 4. The number of nitrogens with zero attached hydrogens (tertiary/aromatic N) is 2. The minimum Gasteiger partial charge on any atom is -0.493 e. The van der Waals surface area contributed by atoms with E-state index in [4.69, 9.17) is 4.74 Å². The fourth-order valence-electron chi connectivity index (χ4n) is 2.09. The van der Waals surface area contributed by atoms with Gasteiger partial charge in [-0.25, -0.2) is 4.39 Å². The maximum absolute atomic E-state index is 14.0. The zero-order valence-electron chi connectivity index (χ0n) is 10.9. The average molecular weight is 328 g/mol. The number of hydrogen-bond acceptors (Lipinski definition) is 3. The van der Waals surface area contributed by atoms with E-state index in [9.17, 15) is 4.39 Å². The lowest BCUT2D eigenvalue weighted by Gasteiger charge is -2.19. The zero-order valence-corrected chi connectivity index (χ0v) is 12.5. The molecule has 0 bridgehead atoms. The molecule has 0 amide bonds. The first-order valence-corrected chi connectivity index (χ1v) is 6.56. The molecule has 2 rings (SSSR count). The van der Waals surface area contributed by atoms with Gasteiger partial charge in [0.05, 0.1) is 19.3 Å². The second-order valence-electron chi connectivity index (χ2n) is 4.11. The van der Waals surface area contributed by atoms with Gasteiger partial charge in [-0.2, -0.15) is 5.10 Å². The summed E-state index contributed by atoms with van der Waals surface area (Å²) < 4.78 is 21.8. The first-order chi connectivity index (χ1) is 9.08. The van der Waals surface area contributed by atoms with E-state index in [1.54, 1.807) is 44.2 Å². The molecule has 1 unspecified atom stereocenters. The van der Waals surface area contributed by atoms with Gasteiger partial charge in [-0.1, -0.05) is 15.9 Å². The Bertz CT molecular complexity index is 585. The van der Waals surface area contributed by atoms with Gasteiger partial charge < -0.3 is 10.1 Å². The SMILES string of the molecule is CNC(c1cc(Br)ccc1F)c1c(OC)cnn1C. The topological polar surface area (TPSA) is 39.1 Å². The first kappa shape index (κ1) is 14.0. The molecule has 0 aliphatic heterocycles. The van der Waals surface area contributed by atoms with Crippen LogP contribution < -0.4 is 10.1 Å². The van der Waals surface area contributed by atoms with Crippen LogP contribution >= 0.6 is 15.9 Å². The van der Waals surface area contributed by atoms with Crippen LogP contribution in [-0.2, 0) is 7.05 Å². The molecule has 1 N–H and O–H groups in total. The van der Waals surface area contributed by atoms with Crippen LogP contribution in [0.5, 0.6) is 5.75 Å². The van der Waals surface area contributed by atoms with Crippen molar-refractivity contribution in [3.05, 3.63) is 45.9 Å². The highest BCUT2D eigenvalue weighted by Crippen LogP contribution is 2.31. The van der Waals surface area contributed by atoms with Crippen LogP contribution in [0.3, 0.4) is 0 Å². The van der Waals surface area contributed by atoms with E-state index < -0.39 is 0 Å². The lowest BCUT2D eigenvalue weighted by Crippen LogP contribution is -2.22. The molecule has 0 aliphatic carbocycles. The average Bonchev–Trinajstić information content (AvgIpc) is 2.76. The highest BCUT2D eigenvalue weighted by atomic mass is 79.9. The predicted molar refractivity (Wildman–Crippen MR) is 74.8 cm³/mol. The van der Waals surface area contributed by atoms with Crippen molar-refractivity contribution in [3.63, 3.8) is 0 Å². The molecule has 6 heteroatoms. The van der Waals surface area contributed by atoms with Gasteiger partial charge >= 0.3 is 0 Å². The van der Waals surface area contributed by atoms with Crippen LogP contribution in [0.1, 0.15) is 17.3 Å². The van der Waals surface area contributed by atoms with E-state index in [0.717, 1.165) is 10.2 Å². The lowest BCUT2D eigenvalue weighted by molar-refractivity contribution is 0.401. The number of benzene rings is 1. The minimum atomic E-state index is -0.333. The van der Waals surface area contributed by atoms with E-state index in [0.29, 0.717) is 11.3 Å². The molecule has 1 heterocycles. The summed E-state index contributed by atoms with van der Waals surface area (Å²) in [6, 6.07) is 4.53. The zero-order chi connectivity index (χ0) is 14.0. The summed E-state index contributed by atoms with van der Waals surface area (Å²) >= 11 is 3.36. The molecule has 0 radical (unpaired) electrons. The number of halogens is 2. The van der Waals surface area contributed by atoms with Crippen LogP contribution in [-0.4, -0.2) is 23.9 Å². The Morgan fingerprint density at radius 1 is 1.47 bits per heavy atom. The molecule has 0 saturated heterocycles. The molecule has 1 atom stereocenters. The highest BCUT2D eigenvalue weighted by molar-refractivity contribution is 9.10. The minimum absolute atomic E-state index is 0.272. The monoisotopic (exact) mass is 327 g/mol. The third-order valence-corrected chi connectivity index (χ3v) is 3.49. The third-order valence-electron chi connectivity index (χ3n) is 3.00. The summed E-state index contributed by atoms with van der Waals surface area (Å²) in [6.07, 6.45) is 1.62. The van der Waals surface area contributed by atoms with Crippen LogP contribution in [0, 0.1) is 5.82 Å². The van der Waals surface area contributed by atoms with Gasteiger partial charge in [0.1, 0.15) is 11.5 Å². The molecule has 0 aliphatic rings. The Morgan fingerprint density at radius 3 is 2.84 bits per heavy atom. The molecule has 4 nitrogen and oxygen atoms in total. The van der Waals surface area contributed by atoms with Crippen LogP contribution in [0.15, 0.2) is 28.9 Å². The quantitative estimate of drug-likeness (QED) is 0.938. The number of aromatic nitrogens is 2. The van der Waals surface area contributed by atoms with E-state index in [-0.39, 0.29) is 11.9 Å². The van der Waals surface area contributed by atoms with Gasteiger partial charge in [-0.05, 0) is 25.2 Å². The Hall–Kier alpha value is -1.40. The molecular weight excluding hydrogens is 313 g/mol. The number of aryl methyl sites for hydroxylation is 1. The van der Waals surface area contributed by atoms with Gasteiger partial charge in [0, 0.05) is 17.1 Å². The first-order valence-electron chi connectivity index (χ1n) is 5.76. The second kappa shape index (κ2) is 5.71. The molecule has 0 fully saturated rings. The van der Waals surface area contributed by atoms with Crippen molar-refractivity contribution in [2.24, 2.45) is 7.05 Å². The van der Waals surface area contributed by atoms with Crippen molar-refractivity contribution < 1.29 is 9.13 Å². The fraction of sp³-hybridized carbons (Fsp3) is 0.308. The molecule has 1 aromatic carbocycles. The number of hydrogen-bond donors (Lipinski definition) is 1. The Labute approximate surface area is 119 Å². The Kier molecular flexibility index (Phi) is 4.21. The van der Waals surface area contributed by atoms with Gasteiger partial charge in [-0.15, -0.1) is 0 Å². The van der Waals surface area contributed by atoms with Crippen LogP contribution in [0.2, 0.25) is 0 Å². The smallest absolute Gasteiger partial charge is 0.161 e. The third kappa shape index (κ3) is 2.64. The maximum atomic E-state index is 14.0. The number of methoxy groups -OCH3 is 1. The number of ether oxygens (including phenoxy) is 1. The van der Waals surface area contributed by atoms with Gasteiger partial charge in [-0.3, -0.25) is 4.68 Å². The van der Waals surface area contributed by atoms with Crippen molar-refractivity contribution in [1.29, 1.82) is 0 Å². The molecule has 0 saturated carbocycles. The Balaban J connectivity index is 2.56. The van der Waals surface area contributed by atoms with Gasteiger partial charge in [0.25, 0.3) is 0 Å². The standard InChI is InChI=1S/C13H15BrFN3O/c1-16-12(9-6-8(14)4-5-10(9)15)13-11(19-3)7-17-18(13)2/h4-7,12,16H,1-3H3. The summed E-state index contributed by atoms with van der Waals surface area (Å²) in [7, 11) is 5.15. The van der Waals surface area contributed by atoms with Crippen LogP contribution in [0.25, 0.3) is 0 Å². The normalized spacial score (nSPS) is 12.5. The van der Waals surface area contributed by atoms with Crippen LogP contribution in [0.4, 0.5) is 4.39 Å². The van der Waals surface area contributed by atoms with Crippen molar-refractivity contribution in [1.82, 2.24) is 15.1 Å². The summed E-state index contributed by atoms with van der Waals surface area (Å²) in [6.45, 7) is 0. The van der Waals surface area contributed by atoms with Crippen molar-refractivity contribution in [2.75, 3.05) is 14.2 Å². The summed E-state index contributed by atoms with van der Waals surface area (Å²) in [5.41, 5.74) is 1.32. The summed E-state index contributed by atoms with van der Waals surface area (Å²) in [5, 5.41) is 7.25. The largest absolute Gasteiger partial charge is 0.493 e. The molecular formula is C13H15BrFN3O. The molecule has 19 heavy (non-hydrogen) atoms. The maximum Gasteiger partial charge on any atom is 0.161 e. The second-order valence-corrected chi connectivity index (χ2v) is 5.02. The van der Waals surface area contributed by atoms with Crippen molar-refractivity contribution in [3.8, 4) is 5.75 Å². The highest BCUT2D eigenvalue weighted by Gasteiger charge is 2.23. The molecule has 0 spiro atoms. The van der Waals surface area contributed by atoms with Gasteiger partial charge in [0.2, 0.25) is 0 Å². The van der Waals surface area contributed by atoms with Crippen molar-refractivity contribution in [2.45, 2.75) is 6.04 Å². The predicted octanol–water partition coefficient (Wildman–Crippen LogP) is 2.64. The Morgan fingerprint density at radius 2 is 2.21 bits per heavy atom. The molecule has 102 valence electrons. The number of nitrogens with one attached hydrogen (secondary N) is 1. The van der Waals surface area contributed by atoms with E-state index in [1.807, 2.05) is 0 Å². The van der Waals surface area contributed by atoms with E-state index >= 15 is 0 Å². The lowest BCUT2D eigenvalue weighted by atomic mass is 10.0. The van der Waals surface area contributed by atoms with Gasteiger partial charge in [0.15, 0.2) is 5.75 Å². The molecule has 2 aromatic rings. The van der Waals surface area contributed by atoms with E-state index in [1.165, 1.54) is 6.07 Å². The van der Waals surface area contributed by atoms with Crippen molar-refractivity contribution >= 4 is 15.9 Å². The fourth-order valence-corrected chi connectivity index (χ4v) is 2.47. The summed E-state index contributed by atoms with van der Waals surface area (Å²) in [4.78, 5) is 0. The van der Waals surface area contributed by atoms with E-state index in [2.05, 4.69) is 26.3 Å². The summed E-state index contributed by atoms with van der Waals surface area (Å²) in [5.74, 6) is 0.354. The molecule has 1 aromatic heterocycles.